The van der Waals surface area contributed by atoms with Crippen LogP contribution < -0.4 is 9.47 Å². The van der Waals surface area contributed by atoms with Gasteiger partial charge in [-0.3, -0.25) is 0 Å². The zero-order valence-electron chi connectivity index (χ0n) is 18.1. The van der Waals surface area contributed by atoms with Crippen molar-refractivity contribution in [1.82, 2.24) is 0 Å². The molecular formula is C31H22O2. The van der Waals surface area contributed by atoms with E-state index in [1.807, 2.05) is 24.3 Å². The van der Waals surface area contributed by atoms with Gasteiger partial charge < -0.3 is 9.47 Å². The standard InChI is InChI=1S/C31H22O2/c1-2-10-21(11-3-1)24-20-31(33-29-19-18-22-12-4-5-13-23(22)30(24)29)25-14-6-8-16-27(25)32-28-17-9-7-15-26(28)31/h1-19,24H,20H2. The van der Waals surface area contributed by atoms with Crippen molar-refractivity contribution < 1.29 is 9.47 Å². The maximum atomic E-state index is 7.09. The average molecular weight is 427 g/mol. The van der Waals surface area contributed by atoms with E-state index in [4.69, 9.17) is 9.47 Å². The fourth-order valence-corrected chi connectivity index (χ4v) is 5.68. The van der Waals surface area contributed by atoms with Gasteiger partial charge in [-0.15, -0.1) is 0 Å². The number of hydrogen-bond acceptors (Lipinski definition) is 2. The van der Waals surface area contributed by atoms with Crippen LogP contribution in [0.1, 0.15) is 34.6 Å². The van der Waals surface area contributed by atoms with Gasteiger partial charge in [0.1, 0.15) is 17.2 Å². The molecule has 1 atom stereocenters. The number of benzene rings is 5. The highest BCUT2D eigenvalue weighted by molar-refractivity contribution is 5.89. The molecule has 1 unspecified atom stereocenters. The molecule has 33 heavy (non-hydrogen) atoms. The number of hydrogen-bond donors (Lipinski definition) is 0. The highest BCUT2D eigenvalue weighted by Gasteiger charge is 2.49. The van der Waals surface area contributed by atoms with Gasteiger partial charge in [0.2, 0.25) is 0 Å². The Morgan fingerprint density at radius 3 is 1.97 bits per heavy atom. The molecule has 0 aliphatic carbocycles. The Bertz CT molecular complexity index is 1460. The van der Waals surface area contributed by atoms with Crippen LogP contribution in [0.3, 0.4) is 0 Å². The summed E-state index contributed by atoms with van der Waals surface area (Å²) >= 11 is 0. The Labute approximate surface area is 193 Å². The zero-order chi connectivity index (χ0) is 21.8. The number of para-hydroxylation sites is 2. The van der Waals surface area contributed by atoms with Crippen molar-refractivity contribution in [3.8, 4) is 17.2 Å². The maximum absolute atomic E-state index is 7.09. The topological polar surface area (TPSA) is 18.5 Å². The van der Waals surface area contributed by atoms with Crippen molar-refractivity contribution in [1.29, 1.82) is 0 Å². The van der Waals surface area contributed by atoms with Crippen molar-refractivity contribution in [3.63, 3.8) is 0 Å². The molecule has 2 heteroatoms. The van der Waals surface area contributed by atoms with Crippen LogP contribution in [0.15, 0.2) is 115 Å². The molecule has 0 bridgehead atoms. The normalized spacial score (nSPS) is 17.4. The van der Waals surface area contributed by atoms with Gasteiger partial charge in [0.05, 0.1) is 0 Å². The second-order valence-electron chi connectivity index (χ2n) is 8.89. The third-order valence-corrected chi connectivity index (χ3v) is 7.12. The Balaban J connectivity index is 1.55. The summed E-state index contributed by atoms with van der Waals surface area (Å²) in [4.78, 5) is 0. The quantitative estimate of drug-likeness (QED) is 0.272. The van der Waals surface area contributed by atoms with E-state index in [0.29, 0.717) is 0 Å². The molecule has 0 N–H and O–H groups in total. The van der Waals surface area contributed by atoms with Crippen LogP contribution in [0.2, 0.25) is 0 Å². The molecular weight excluding hydrogens is 404 g/mol. The van der Waals surface area contributed by atoms with E-state index in [2.05, 4.69) is 91.0 Å². The number of fused-ring (bicyclic) bond motifs is 7. The van der Waals surface area contributed by atoms with E-state index in [1.54, 1.807) is 0 Å². The van der Waals surface area contributed by atoms with Gasteiger partial charge in [0.15, 0.2) is 5.60 Å². The second-order valence-corrected chi connectivity index (χ2v) is 8.89. The highest BCUT2D eigenvalue weighted by Crippen LogP contribution is 2.58. The van der Waals surface area contributed by atoms with E-state index < -0.39 is 5.60 Å². The maximum Gasteiger partial charge on any atom is 0.167 e. The molecule has 2 heterocycles. The Morgan fingerprint density at radius 2 is 1.21 bits per heavy atom. The summed E-state index contributed by atoms with van der Waals surface area (Å²) in [5, 5.41) is 2.50. The van der Waals surface area contributed by atoms with Crippen LogP contribution in [0, 0.1) is 0 Å². The molecule has 158 valence electrons. The first-order valence-electron chi connectivity index (χ1n) is 11.5. The summed E-state index contributed by atoms with van der Waals surface area (Å²) in [6.45, 7) is 0. The van der Waals surface area contributed by atoms with Crippen LogP contribution >= 0.6 is 0 Å². The van der Waals surface area contributed by atoms with Gasteiger partial charge >= 0.3 is 0 Å². The van der Waals surface area contributed by atoms with Crippen molar-refractivity contribution in [2.45, 2.75) is 17.9 Å². The van der Waals surface area contributed by atoms with E-state index in [0.717, 1.165) is 34.8 Å². The summed E-state index contributed by atoms with van der Waals surface area (Å²) in [7, 11) is 0. The fraction of sp³-hybridized carbons (Fsp3) is 0.0968. The lowest BCUT2D eigenvalue weighted by atomic mass is 9.70. The van der Waals surface area contributed by atoms with Gasteiger partial charge in [-0.1, -0.05) is 97.1 Å². The molecule has 2 aliphatic rings. The fourth-order valence-electron chi connectivity index (χ4n) is 5.68. The first-order chi connectivity index (χ1) is 16.3. The number of ether oxygens (including phenoxy) is 2. The summed E-state index contributed by atoms with van der Waals surface area (Å²) in [5.74, 6) is 2.86. The minimum Gasteiger partial charge on any atom is -0.477 e. The Kier molecular flexibility index (Phi) is 3.92. The van der Waals surface area contributed by atoms with Gasteiger partial charge in [0.25, 0.3) is 0 Å². The molecule has 7 rings (SSSR count). The Hall–Kier alpha value is -4.04. The SMILES string of the molecule is c1ccc(C2CC3(Oc4ccc5ccccc5c42)c2ccccc2Oc2ccccc23)cc1. The summed E-state index contributed by atoms with van der Waals surface area (Å²) < 4.78 is 13.4. The molecule has 1 spiro atoms. The smallest absolute Gasteiger partial charge is 0.167 e. The largest absolute Gasteiger partial charge is 0.477 e. The molecule has 2 aliphatic heterocycles. The van der Waals surface area contributed by atoms with Crippen LogP contribution in [-0.4, -0.2) is 0 Å². The van der Waals surface area contributed by atoms with Crippen LogP contribution in [0.4, 0.5) is 0 Å². The van der Waals surface area contributed by atoms with E-state index in [-0.39, 0.29) is 5.92 Å². The lowest BCUT2D eigenvalue weighted by Crippen LogP contribution is -2.42. The van der Waals surface area contributed by atoms with Gasteiger partial charge in [-0.2, -0.15) is 0 Å². The summed E-state index contributed by atoms with van der Waals surface area (Å²) in [5.41, 5.74) is 4.12. The van der Waals surface area contributed by atoms with Crippen molar-refractivity contribution in [3.05, 3.63) is 138 Å². The Morgan fingerprint density at radius 1 is 0.576 bits per heavy atom. The van der Waals surface area contributed by atoms with Crippen molar-refractivity contribution in [2.24, 2.45) is 0 Å². The van der Waals surface area contributed by atoms with Gasteiger partial charge in [-0.25, -0.2) is 0 Å². The van der Waals surface area contributed by atoms with Gasteiger partial charge in [0, 0.05) is 29.0 Å². The van der Waals surface area contributed by atoms with Crippen LogP contribution in [0.25, 0.3) is 10.8 Å². The third-order valence-electron chi connectivity index (χ3n) is 7.12. The third kappa shape index (κ3) is 2.67. The monoisotopic (exact) mass is 426 g/mol. The van der Waals surface area contributed by atoms with E-state index in [9.17, 15) is 0 Å². The lowest BCUT2D eigenvalue weighted by molar-refractivity contribution is 0.0678. The summed E-state index contributed by atoms with van der Waals surface area (Å²) in [6.07, 6.45) is 0.801. The lowest BCUT2D eigenvalue weighted by Gasteiger charge is -2.46. The summed E-state index contributed by atoms with van der Waals surface area (Å²) in [6, 6.07) is 40.4. The predicted molar refractivity (Wildman–Crippen MR) is 131 cm³/mol. The minimum absolute atomic E-state index is 0.181. The molecule has 0 saturated heterocycles. The average Bonchev–Trinajstić information content (AvgIpc) is 2.89. The highest BCUT2D eigenvalue weighted by atomic mass is 16.5. The second kappa shape index (κ2) is 6.98. The molecule has 0 amide bonds. The molecule has 0 radical (unpaired) electrons. The molecule has 5 aromatic carbocycles. The van der Waals surface area contributed by atoms with Crippen LogP contribution in [0.5, 0.6) is 17.2 Å². The molecule has 2 nitrogen and oxygen atoms in total. The first kappa shape index (κ1) is 18.5. The number of rotatable bonds is 1. The molecule has 0 aromatic heterocycles. The predicted octanol–water partition coefficient (Wildman–Crippen LogP) is 7.80. The minimum atomic E-state index is -0.624. The van der Waals surface area contributed by atoms with Crippen molar-refractivity contribution in [2.75, 3.05) is 0 Å². The van der Waals surface area contributed by atoms with Crippen LogP contribution in [-0.2, 0) is 5.60 Å². The first-order valence-corrected chi connectivity index (χ1v) is 11.5. The van der Waals surface area contributed by atoms with E-state index in [1.165, 1.54) is 21.9 Å². The zero-order valence-corrected chi connectivity index (χ0v) is 18.1. The molecule has 0 saturated carbocycles. The van der Waals surface area contributed by atoms with E-state index >= 15 is 0 Å². The van der Waals surface area contributed by atoms with Gasteiger partial charge in [-0.05, 0) is 34.5 Å². The van der Waals surface area contributed by atoms with Crippen molar-refractivity contribution >= 4 is 10.8 Å². The molecule has 0 fully saturated rings. The molecule has 5 aromatic rings.